The van der Waals surface area contributed by atoms with Crippen LogP contribution in [0.5, 0.6) is 0 Å². The Hall–Kier alpha value is -1.81. The Balaban J connectivity index is 2.85. The second kappa shape index (κ2) is 6.36. The first kappa shape index (κ1) is 17.5. The first-order valence-electron chi connectivity index (χ1n) is 8.18. The van der Waals surface area contributed by atoms with E-state index in [0.717, 1.165) is 28.6 Å². The summed E-state index contributed by atoms with van der Waals surface area (Å²) in [5.74, 6) is -0.583. The fourth-order valence-corrected chi connectivity index (χ4v) is 3.04. The molecule has 0 saturated carbocycles. The molecule has 1 aromatic heterocycles. The number of hydrogen-bond acceptors (Lipinski definition) is 2. The molecule has 0 radical (unpaired) electrons. The van der Waals surface area contributed by atoms with Crippen molar-refractivity contribution in [1.29, 1.82) is 0 Å². The molecule has 2 rings (SSSR count). The molecule has 0 aliphatic carbocycles. The smallest absolute Gasteiger partial charge is 0.335 e. The van der Waals surface area contributed by atoms with Crippen molar-refractivity contribution in [1.82, 2.24) is 4.57 Å². The number of aromatic carboxylic acids is 1. The van der Waals surface area contributed by atoms with Gasteiger partial charge in [-0.25, -0.2) is 4.79 Å². The summed E-state index contributed by atoms with van der Waals surface area (Å²) in [7, 11) is 0. The molecule has 1 heterocycles. The molecule has 0 aliphatic heterocycles. The largest absolute Gasteiger partial charge is 0.478 e. The molecular formula is C19H27NO3. The van der Waals surface area contributed by atoms with Gasteiger partial charge in [-0.1, -0.05) is 34.6 Å². The van der Waals surface area contributed by atoms with Crippen LogP contribution in [-0.2, 0) is 12.0 Å². The van der Waals surface area contributed by atoms with Crippen molar-refractivity contribution in [3.63, 3.8) is 0 Å². The predicted molar refractivity (Wildman–Crippen MR) is 93.4 cm³/mol. The van der Waals surface area contributed by atoms with Crippen molar-refractivity contribution < 1.29 is 15.0 Å². The molecule has 126 valence electrons. The summed E-state index contributed by atoms with van der Waals surface area (Å²) in [5.41, 5.74) is 3.47. The van der Waals surface area contributed by atoms with Crippen molar-refractivity contribution in [2.45, 2.75) is 58.9 Å². The molecule has 0 atom stereocenters. The first-order valence-corrected chi connectivity index (χ1v) is 8.18. The Morgan fingerprint density at radius 2 is 1.91 bits per heavy atom. The lowest BCUT2D eigenvalue weighted by atomic mass is 9.84. The zero-order chi connectivity index (χ0) is 17.4. The Bertz CT molecular complexity index is 720. The summed E-state index contributed by atoms with van der Waals surface area (Å²) in [5, 5.41) is 19.7. The Labute approximate surface area is 137 Å². The number of hydrogen-bond donors (Lipinski definition) is 2. The van der Waals surface area contributed by atoms with Gasteiger partial charge in [0.25, 0.3) is 0 Å². The van der Waals surface area contributed by atoms with E-state index in [1.54, 1.807) is 12.1 Å². The van der Waals surface area contributed by atoms with E-state index in [4.69, 9.17) is 0 Å². The lowest BCUT2D eigenvalue weighted by Crippen LogP contribution is -2.15. The van der Waals surface area contributed by atoms with Crippen LogP contribution in [0.1, 0.15) is 68.4 Å². The average Bonchev–Trinajstić information content (AvgIpc) is 2.81. The molecule has 2 aromatic rings. The van der Waals surface area contributed by atoms with Crippen LogP contribution in [0.3, 0.4) is 0 Å². The van der Waals surface area contributed by atoms with E-state index in [1.165, 1.54) is 0 Å². The minimum atomic E-state index is -0.893. The van der Waals surface area contributed by atoms with Crippen LogP contribution >= 0.6 is 0 Å². The van der Waals surface area contributed by atoms with Crippen molar-refractivity contribution >= 4 is 16.9 Å². The molecule has 0 aliphatic rings. The van der Waals surface area contributed by atoms with Crippen molar-refractivity contribution in [3.05, 3.63) is 35.0 Å². The molecule has 0 bridgehead atoms. The number of carboxylic acid groups (broad SMARTS) is 1. The number of rotatable bonds is 5. The monoisotopic (exact) mass is 317 g/mol. The fourth-order valence-electron chi connectivity index (χ4n) is 3.04. The van der Waals surface area contributed by atoms with E-state index in [2.05, 4.69) is 45.4 Å². The highest BCUT2D eigenvalue weighted by molar-refractivity contribution is 5.97. The number of aryl methyl sites for hydroxylation is 1. The molecule has 0 amide bonds. The number of fused-ring (bicyclic) bond motifs is 1. The van der Waals surface area contributed by atoms with E-state index in [1.807, 2.05) is 0 Å². The second-order valence-corrected chi connectivity index (χ2v) is 7.48. The summed E-state index contributed by atoms with van der Waals surface area (Å²) in [6.07, 6.45) is 2.80. The number of benzene rings is 1. The van der Waals surface area contributed by atoms with Gasteiger partial charge in [-0.3, -0.25) is 0 Å². The number of carboxylic acids is 1. The summed E-state index contributed by atoms with van der Waals surface area (Å²) < 4.78 is 2.17. The Morgan fingerprint density at radius 1 is 1.26 bits per heavy atom. The predicted octanol–water partition coefficient (Wildman–Crippen LogP) is 4.14. The highest BCUT2D eigenvalue weighted by atomic mass is 16.4. The second-order valence-electron chi connectivity index (χ2n) is 7.48. The third-order valence-corrected chi connectivity index (χ3v) is 4.24. The SMILES string of the molecule is CC(C)c1cn(CCCO)c2c(C(C)(C)C)cc(C(=O)O)cc12. The van der Waals surface area contributed by atoms with Crippen LogP contribution in [0.25, 0.3) is 10.9 Å². The molecule has 4 heteroatoms. The normalized spacial score (nSPS) is 12.3. The van der Waals surface area contributed by atoms with E-state index >= 15 is 0 Å². The van der Waals surface area contributed by atoms with Gasteiger partial charge in [0.1, 0.15) is 0 Å². The first-order chi connectivity index (χ1) is 10.7. The van der Waals surface area contributed by atoms with Gasteiger partial charge in [0.15, 0.2) is 0 Å². The molecule has 1 aromatic carbocycles. The van der Waals surface area contributed by atoms with E-state index in [0.29, 0.717) is 17.9 Å². The topological polar surface area (TPSA) is 62.5 Å². The van der Waals surface area contributed by atoms with Crippen LogP contribution in [0.2, 0.25) is 0 Å². The van der Waals surface area contributed by atoms with E-state index in [9.17, 15) is 15.0 Å². The van der Waals surface area contributed by atoms with Crippen LogP contribution in [-0.4, -0.2) is 27.4 Å². The molecule has 0 spiro atoms. The maximum Gasteiger partial charge on any atom is 0.335 e. The third kappa shape index (κ3) is 3.42. The highest BCUT2D eigenvalue weighted by Crippen LogP contribution is 2.36. The van der Waals surface area contributed by atoms with E-state index in [-0.39, 0.29) is 12.0 Å². The molecule has 0 fully saturated rings. The number of aromatic nitrogens is 1. The molecule has 0 unspecified atom stereocenters. The van der Waals surface area contributed by atoms with Crippen LogP contribution in [0, 0.1) is 0 Å². The summed E-state index contributed by atoms with van der Waals surface area (Å²) >= 11 is 0. The highest BCUT2D eigenvalue weighted by Gasteiger charge is 2.24. The lowest BCUT2D eigenvalue weighted by Gasteiger charge is -2.22. The lowest BCUT2D eigenvalue weighted by molar-refractivity contribution is 0.0697. The summed E-state index contributed by atoms with van der Waals surface area (Å²) in [6, 6.07) is 3.59. The maximum atomic E-state index is 11.5. The zero-order valence-corrected chi connectivity index (χ0v) is 14.7. The Kier molecular flexibility index (Phi) is 4.85. The summed E-state index contributed by atoms with van der Waals surface area (Å²) in [4.78, 5) is 11.5. The van der Waals surface area contributed by atoms with Gasteiger partial charge in [0.2, 0.25) is 0 Å². The number of nitrogens with zero attached hydrogens (tertiary/aromatic N) is 1. The Morgan fingerprint density at radius 3 is 2.39 bits per heavy atom. The quantitative estimate of drug-likeness (QED) is 0.871. The third-order valence-electron chi connectivity index (χ3n) is 4.24. The van der Waals surface area contributed by atoms with Gasteiger partial charge in [0.05, 0.1) is 11.1 Å². The molecule has 0 saturated heterocycles. The van der Waals surface area contributed by atoms with Gasteiger partial charge in [0, 0.05) is 24.7 Å². The van der Waals surface area contributed by atoms with Crippen molar-refractivity contribution in [2.75, 3.05) is 6.61 Å². The standard InChI is InChI=1S/C19H27NO3/c1-12(2)15-11-20(7-6-8-21)17-14(15)9-13(18(22)23)10-16(17)19(3,4)5/h9-12,21H,6-8H2,1-5H3,(H,22,23). The zero-order valence-electron chi connectivity index (χ0n) is 14.7. The number of carbonyl (C=O) groups is 1. The van der Waals surface area contributed by atoms with Crippen LogP contribution in [0.4, 0.5) is 0 Å². The van der Waals surface area contributed by atoms with Gasteiger partial charge in [-0.05, 0) is 41.0 Å². The minimum absolute atomic E-state index is 0.148. The van der Waals surface area contributed by atoms with Crippen LogP contribution in [0.15, 0.2) is 18.3 Å². The minimum Gasteiger partial charge on any atom is -0.478 e. The van der Waals surface area contributed by atoms with Gasteiger partial charge < -0.3 is 14.8 Å². The average molecular weight is 317 g/mol. The number of aliphatic hydroxyl groups excluding tert-OH is 1. The van der Waals surface area contributed by atoms with Gasteiger partial charge in [-0.15, -0.1) is 0 Å². The maximum absolute atomic E-state index is 11.5. The van der Waals surface area contributed by atoms with Gasteiger partial charge >= 0.3 is 5.97 Å². The fraction of sp³-hybridized carbons (Fsp3) is 0.526. The van der Waals surface area contributed by atoms with E-state index < -0.39 is 5.97 Å². The number of aliphatic hydroxyl groups is 1. The molecule has 2 N–H and O–H groups in total. The molecule has 23 heavy (non-hydrogen) atoms. The van der Waals surface area contributed by atoms with Crippen molar-refractivity contribution in [2.24, 2.45) is 0 Å². The van der Waals surface area contributed by atoms with Crippen LogP contribution < -0.4 is 0 Å². The van der Waals surface area contributed by atoms with Crippen molar-refractivity contribution in [3.8, 4) is 0 Å². The van der Waals surface area contributed by atoms with Gasteiger partial charge in [-0.2, -0.15) is 0 Å². The molecule has 4 nitrogen and oxygen atoms in total. The molecular weight excluding hydrogens is 290 g/mol. The summed E-state index contributed by atoms with van der Waals surface area (Å²) in [6.45, 7) is 11.4.